The number of aliphatic hydroxyl groups is 1. The summed E-state index contributed by atoms with van der Waals surface area (Å²) in [5, 5.41) is 8.95. The Balaban J connectivity index is 5.42. The van der Waals surface area contributed by atoms with Gasteiger partial charge in [0.25, 0.3) is 0 Å². The van der Waals surface area contributed by atoms with E-state index in [2.05, 4.69) is 0 Å². The van der Waals surface area contributed by atoms with Crippen molar-refractivity contribution in [3.05, 3.63) is 11.6 Å². The van der Waals surface area contributed by atoms with Gasteiger partial charge in [0.15, 0.2) is 0 Å². The van der Waals surface area contributed by atoms with Crippen molar-refractivity contribution in [3.8, 4) is 11.8 Å². The molecule has 0 aliphatic carbocycles. The second-order valence-electron chi connectivity index (χ2n) is 6.18. The summed E-state index contributed by atoms with van der Waals surface area (Å²) in [6.45, 7) is 9.31. The van der Waals surface area contributed by atoms with Gasteiger partial charge >= 0.3 is 18.0 Å². The Labute approximate surface area is 132 Å². The fourth-order valence-corrected chi connectivity index (χ4v) is 2.06. The minimum absolute atomic E-state index is 0.0957. The zero-order valence-electron chi connectivity index (χ0n) is 13.7. The third kappa shape index (κ3) is 5.76. The molecular formula is C16H22F6O. The number of hydrogen-bond acceptors (Lipinski definition) is 1. The molecule has 0 bridgehead atoms. The minimum Gasteiger partial charge on any atom is -0.363 e. The standard InChI is InChI=1S/C16H22F6O/c1-10(2)9-13(11(3)4)12(5)7-6-8-14(23,15(17,18)19)16(20,21)22/h9-12,23H,7H2,1-5H3/b13-9+/t12-/m1/s1. The summed E-state index contributed by atoms with van der Waals surface area (Å²) in [5.41, 5.74) is -4.09. The van der Waals surface area contributed by atoms with E-state index >= 15 is 0 Å². The molecule has 0 aromatic carbocycles. The van der Waals surface area contributed by atoms with Crippen LogP contribution in [0.25, 0.3) is 0 Å². The molecule has 0 spiro atoms. The Bertz CT molecular complexity index is 460. The van der Waals surface area contributed by atoms with Crippen molar-refractivity contribution in [1.82, 2.24) is 0 Å². The van der Waals surface area contributed by atoms with Crippen molar-refractivity contribution in [2.45, 2.75) is 59.0 Å². The first kappa shape index (κ1) is 21.8. The van der Waals surface area contributed by atoms with Crippen molar-refractivity contribution in [2.24, 2.45) is 17.8 Å². The molecule has 0 rings (SSSR count). The van der Waals surface area contributed by atoms with Gasteiger partial charge in [-0.15, -0.1) is 0 Å². The van der Waals surface area contributed by atoms with Gasteiger partial charge in [-0.3, -0.25) is 0 Å². The van der Waals surface area contributed by atoms with Crippen LogP contribution in [0.15, 0.2) is 11.6 Å². The predicted molar refractivity (Wildman–Crippen MR) is 76.4 cm³/mol. The summed E-state index contributed by atoms with van der Waals surface area (Å²) >= 11 is 0. The first-order valence-corrected chi connectivity index (χ1v) is 7.21. The van der Waals surface area contributed by atoms with Gasteiger partial charge in [0, 0.05) is 6.42 Å². The fraction of sp³-hybridized carbons (Fsp3) is 0.750. The second kappa shape index (κ2) is 7.61. The highest BCUT2D eigenvalue weighted by Gasteiger charge is 2.70. The lowest BCUT2D eigenvalue weighted by atomic mass is 9.87. The van der Waals surface area contributed by atoms with E-state index in [-0.39, 0.29) is 24.2 Å². The van der Waals surface area contributed by atoms with Crippen LogP contribution in [0, 0.1) is 29.6 Å². The number of alkyl halides is 6. The third-order valence-corrected chi connectivity index (χ3v) is 3.26. The Hall–Kier alpha value is -1.16. The summed E-state index contributed by atoms with van der Waals surface area (Å²) in [6, 6.07) is 0. The van der Waals surface area contributed by atoms with Crippen LogP contribution in [-0.4, -0.2) is 23.1 Å². The van der Waals surface area contributed by atoms with Crippen LogP contribution in [-0.2, 0) is 0 Å². The maximum atomic E-state index is 12.5. The van der Waals surface area contributed by atoms with Gasteiger partial charge in [0.05, 0.1) is 0 Å². The SMILES string of the molecule is CC(C)/C=C(\C(C)C)[C@H](C)CC#CC(O)(C(F)(F)F)C(F)(F)F. The van der Waals surface area contributed by atoms with Gasteiger partial charge in [-0.2, -0.15) is 26.3 Å². The molecule has 0 aromatic heterocycles. The first-order chi connectivity index (χ1) is 10.1. The van der Waals surface area contributed by atoms with Crippen LogP contribution < -0.4 is 0 Å². The van der Waals surface area contributed by atoms with E-state index in [1.54, 1.807) is 6.92 Å². The molecule has 0 aliphatic rings. The fourth-order valence-electron chi connectivity index (χ4n) is 2.06. The van der Waals surface area contributed by atoms with Crippen LogP contribution in [0.3, 0.4) is 0 Å². The average Bonchev–Trinajstić information content (AvgIpc) is 2.32. The largest absolute Gasteiger partial charge is 0.438 e. The maximum Gasteiger partial charge on any atom is 0.438 e. The maximum absolute atomic E-state index is 12.5. The minimum atomic E-state index is -5.91. The summed E-state index contributed by atoms with van der Waals surface area (Å²) in [5.74, 6) is 2.83. The molecule has 7 heteroatoms. The van der Waals surface area contributed by atoms with Crippen molar-refractivity contribution < 1.29 is 31.4 Å². The van der Waals surface area contributed by atoms with E-state index in [1.165, 1.54) is 0 Å². The van der Waals surface area contributed by atoms with Gasteiger partial charge in [-0.05, 0) is 23.7 Å². The van der Waals surface area contributed by atoms with Gasteiger partial charge < -0.3 is 5.11 Å². The molecule has 134 valence electrons. The molecule has 0 aromatic rings. The molecule has 0 fully saturated rings. The summed E-state index contributed by atoms with van der Waals surface area (Å²) in [7, 11) is 0. The summed E-state index contributed by atoms with van der Waals surface area (Å²) in [4.78, 5) is 0. The summed E-state index contributed by atoms with van der Waals surface area (Å²) < 4.78 is 75.0. The van der Waals surface area contributed by atoms with E-state index in [1.807, 2.05) is 39.7 Å². The molecule has 0 radical (unpaired) electrons. The monoisotopic (exact) mass is 344 g/mol. The van der Waals surface area contributed by atoms with Gasteiger partial charge in [0.1, 0.15) is 0 Å². The number of halogens is 6. The lowest BCUT2D eigenvalue weighted by Gasteiger charge is -2.27. The number of allylic oxidation sites excluding steroid dienone is 2. The Morgan fingerprint density at radius 3 is 1.70 bits per heavy atom. The predicted octanol–water partition coefficient (Wildman–Crippen LogP) is 5.11. The lowest BCUT2D eigenvalue weighted by Crippen LogP contribution is -2.55. The molecule has 1 nitrogen and oxygen atoms in total. The van der Waals surface area contributed by atoms with Gasteiger partial charge in [-0.25, -0.2) is 0 Å². The molecule has 0 aliphatic heterocycles. The highest BCUT2D eigenvalue weighted by molar-refractivity contribution is 5.22. The summed E-state index contributed by atoms with van der Waals surface area (Å²) in [6.07, 6.45) is -10.1. The molecule has 0 unspecified atom stereocenters. The highest BCUT2D eigenvalue weighted by atomic mass is 19.4. The Morgan fingerprint density at radius 1 is 0.957 bits per heavy atom. The molecule has 0 saturated heterocycles. The van der Waals surface area contributed by atoms with Crippen molar-refractivity contribution >= 4 is 0 Å². The normalized spacial score (nSPS) is 15.7. The van der Waals surface area contributed by atoms with Crippen molar-refractivity contribution in [1.29, 1.82) is 0 Å². The Morgan fingerprint density at radius 2 is 1.39 bits per heavy atom. The van der Waals surface area contributed by atoms with E-state index < -0.39 is 18.0 Å². The number of rotatable bonds is 4. The Kier molecular flexibility index (Phi) is 7.22. The molecular weight excluding hydrogens is 322 g/mol. The average molecular weight is 344 g/mol. The smallest absolute Gasteiger partial charge is 0.363 e. The zero-order chi connectivity index (χ0) is 18.6. The van der Waals surface area contributed by atoms with Crippen LogP contribution in [0.1, 0.15) is 41.0 Å². The molecule has 23 heavy (non-hydrogen) atoms. The molecule has 0 amide bonds. The van der Waals surface area contributed by atoms with E-state index in [4.69, 9.17) is 5.11 Å². The quantitative estimate of drug-likeness (QED) is 0.427. The number of hydrogen-bond donors (Lipinski definition) is 1. The van der Waals surface area contributed by atoms with Crippen molar-refractivity contribution in [2.75, 3.05) is 0 Å². The van der Waals surface area contributed by atoms with E-state index in [9.17, 15) is 26.3 Å². The van der Waals surface area contributed by atoms with Crippen LogP contribution in [0.5, 0.6) is 0 Å². The van der Waals surface area contributed by atoms with Crippen LogP contribution in [0.2, 0.25) is 0 Å². The van der Waals surface area contributed by atoms with Crippen molar-refractivity contribution in [3.63, 3.8) is 0 Å². The molecule has 0 heterocycles. The van der Waals surface area contributed by atoms with Crippen LogP contribution >= 0.6 is 0 Å². The highest BCUT2D eigenvalue weighted by Crippen LogP contribution is 2.42. The van der Waals surface area contributed by atoms with Crippen LogP contribution in [0.4, 0.5) is 26.3 Å². The molecule has 1 atom stereocenters. The van der Waals surface area contributed by atoms with Gasteiger partial charge in [0.2, 0.25) is 0 Å². The first-order valence-electron chi connectivity index (χ1n) is 7.21. The zero-order valence-corrected chi connectivity index (χ0v) is 13.7. The third-order valence-electron chi connectivity index (χ3n) is 3.26. The topological polar surface area (TPSA) is 20.2 Å². The molecule has 0 saturated carbocycles. The van der Waals surface area contributed by atoms with Gasteiger partial charge in [-0.1, -0.05) is 52.2 Å². The second-order valence-corrected chi connectivity index (χ2v) is 6.18. The lowest BCUT2D eigenvalue weighted by molar-refractivity contribution is -0.343. The van der Waals surface area contributed by atoms with E-state index in [0.717, 1.165) is 11.5 Å². The van der Waals surface area contributed by atoms with E-state index in [0.29, 0.717) is 0 Å². The molecule has 1 N–H and O–H groups in total.